The van der Waals surface area contributed by atoms with E-state index >= 15 is 0 Å². The Bertz CT molecular complexity index is 926. The smallest absolute Gasteiger partial charge is 0.337 e. The molecule has 0 saturated carbocycles. The minimum absolute atomic E-state index is 0.243. The summed E-state index contributed by atoms with van der Waals surface area (Å²) in [7, 11) is 3.02. The van der Waals surface area contributed by atoms with E-state index in [9.17, 15) is 9.59 Å². The van der Waals surface area contributed by atoms with E-state index in [1.54, 1.807) is 43.4 Å². The van der Waals surface area contributed by atoms with Gasteiger partial charge in [-0.05, 0) is 48.5 Å². The Morgan fingerprint density at radius 2 is 1.63 bits per heavy atom. The molecule has 1 aromatic heterocycles. The number of nitrogens with one attached hydrogen (secondary N) is 1. The first-order valence-electron chi connectivity index (χ1n) is 8.20. The van der Waals surface area contributed by atoms with Crippen LogP contribution >= 0.6 is 0 Å². The van der Waals surface area contributed by atoms with Gasteiger partial charge in [-0.3, -0.25) is 4.79 Å². The topological polar surface area (TPSA) is 84.4 Å². The van der Waals surface area contributed by atoms with Crippen LogP contribution in [0.5, 0.6) is 0 Å². The van der Waals surface area contributed by atoms with Crippen molar-refractivity contribution in [3.05, 3.63) is 78.0 Å². The molecule has 0 aliphatic heterocycles. The number of methoxy groups -OCH3 is 1. The lowest BCUT2D eigenvalue weighted by molar-refractivity contribution is 0.0600. The van der Waals surface area contributed by atoms with Crippen molar-refractivity contribution in [2.24, 2.45) is 0 Å². The van der Waals surface area contributed by atoms with Crippen LogP contribution in [0.4, 0.5) is 17.2 Å². The Hall–Kier alpha value is -3.74. The van der Waals surface area contributed by atoms with E-state index in [-0.39, 0.29) is 11.6 Å². The maximum atomic E-state index is 12.5. The van der Waals surface area contributed by atoms with Gasteiger partial charge < -0.3 is 15.0 Å². The van der Waals surface area contributed by atoms with E-state index in [2.05, 4.69) is 20.3 Å². The number of anilines is 3. The summed E-state index contributed by atoms with van der Waals surface area (Å²) >= 11 is 0. The largest absolute Gasteiger partial charge is 0.465 e. The second-order valence-corrected chi connectivity index (χ2v) is 5.70. The molecule has 1 N–H and O–H groups in total. The van der Waals surface area contributed by atoms with E-state index in [4.69, 9.17) is 0 Å². The molecule has 3 aromatic rings. The van der Waals surface area contributed by atoms with Crippen LogP contribution < -0.4 is 10.2 Å². The standard InChI is InChI=1S/C20H18N4O3/c1-24(16-6-4-3-5-7-16)19(25)17-12-13-18(23-22-17)21-15-10-8-14(9-11-15)20(26)27-2/h3-13H,1-2H3,(H,21,23). The van der Waals surface area contributed by atoms with Crippen molar-refractivity contribution in [3.63, 3.8) is 0 Å². The average molecular weight is 362 g/mol. The summed E-state index contributed by atoms with van der Waals surface area (Å²) in [5.41, 5.74) is 2.21. The summed E-state index contributed by atoms with van der Waals surface area (Å²) in [5.74, 6) is -0.158. The van der Waals surface area contributed by atoms with Gasteiger partial charge in [0.05, 0.1) is 12.7 Å². The molecule has 1 heterocycles. The number of aromatic nitrogens is 2. The van der Waals surface area contributed by atoms with Gasteiger partial charge in [-0.1, -0.05) is 18.2 Å². The van der Waals surface area contributed by atoms with E-state index in [0.29, 0.717) is 11.4 Å². The number of carbonyl (C=O) groups excluding carboxylic acids is 2. The molecule has 2 aromatic carbocycles. The zero-order valence-electron chi connectivity index (χ0n) is 14.9. The third kappa shape index (κ3) is 4.27. The van der Waals surface area contributed by atoms with Gasteiger partial charge >= 0.3 is 5.97 Å². The highest BCUT2D eigenvalue weighted by Crippen LogP contribution is 2.17. The molecule has 0 aliphatic carbocycles. The normalized spacial score (nSPS) is 10.1. The molecular weight excluding hydrogens is 344 g/mol. The van der Waals surface area contributed by atoms with Gasteiger partial charge in [0.25, 0.3) is 5.91 Å². The predicted octanol–water partition coefficient (Wildman–Crippen LogP) is 3.28. The highest BCUT2D eigenvalue weighted by Gasteiger charge is 2.15. The third-order valence-electron chi connectivity index (χ3n) is 3.91. The molecule has 0 fully saturated rings. The summed E-state index contributed by atoms with van der Waals surface area (Å²) in [5, 5.41) is 11.1. The molecule has 0 bridgehead atoms. The molecule has 0 unspecified atom stereocenters. The van der Waals surface area contributed by atoms with E-state index in [1.165, 1.54) is 12.0 Å². The fourth-order valence-corrected chi connectivity index (χ4v) is 2.41. The fraction of sp³-hybridized carbons (Fsp3) is 0.100. The zero-order chi connectivity index (χ0) is 19.2. The molecule has 3 rings (SSSR count). The van der Waals surface area contributed by atoms with Gasteiger partial charge in [-0.15, -0.1) is 10.2 Å². The third-order valence-corrected chi connectivity index (χ3v) is 3.91. The summed E-state index contributed by atoms with van der Waals surface area (Å²) in [6.45, 7) is 0. The average Bonchev–Trinajstić information content (AvgIpc) is 2.74. The van der Waals surface area contributed by atoms with Crippen molar-refractivity contribution in [2.45, 2.75) is 0 Å². The van der Waals surface area contributed by atoms with E-state index < -0.39 is 5.97 Å². The van der Waals surface area contributed by atoms with E-state index in [1.807, 2.05) is 30.3 Å². The van der Waals surface area contributed by atoms with Gasteiger partial charge in [-0.2, -0.15) is 0 Å². The maximum absolute atomic E-state index is 12.5. The highest BCUT2D eigenvalue weighted by molar-refractivity contribution is 6.04. The molecule has 0 saturated heterocycles. The Morgan fingerprint density at radius 1 is 0.926 bits per heavy atom. The summed E-state index contributed by atoms with van der Waals surface area (Å²) < 4.78 is 4.66. The molecule has 0 atom stereocenters. The van der Waals surface area contributed by atoms with Crippen LogP contribution in [0.2, 0.25) is 0 Å². The monoisotopic (exact) mass is 362 g/mol. The maximum Gasteiger partial charge on any atom is 0.337 e. The molecule has 0 radical (unpaired) electrons. The lowest BCUT2D eigenvalue weighted by atomic mass is 10.2. The number of nitrogens with zero attached hydrogens (tertiary/aromatic N) is 3. The number of hydrogen-bond donors (Lipinski definition) is 1. The lowest BCUT2D eigenvalue weighted by Crippen LogP contribution is -2.27. The Kier molecular flexibility index (Phi) is 5.41. The Balaban J connectivity index is 1.68. The lowest BCUT2D eigenvalue weighted by Gasteiger charge is -2.16. The van der Waals surface area contributed by atoms with E-state index in [0.717, 1.165) is 11.4 Å². The minimum atomic E-state index is -0.397. The van der Waals surface area contributed by atoms with Crippen LogP contribution in [0.3, 0.4) is 0 Å². The molecule has 7 heteroatoms. The van der Waals surface area contributed by atoms with Gasteiger partial charge in [-0.25, -0.2) is 4.79 Å². The quantitative estimate of drug-likeness (QED) is 0.701. The Morgan fingerprint density at radius 3 is 2.22 bits per heavy atom. The van der Waals surface area contributed by atoms with Gasteiger partial charge in [0.1, 0.15) is 0 Å². The number of hydrogen-bond acceptors (Lipinski definition) is 6. The van der Waals surface area contributed by atoms with Crippen molar-refractivity contribution in [1.29, 1.82) is 0 Å². The molecule has 0 aliphatic rings. The second kappa shape index (κ2) is 8.09. The first-order chi connectivity index (χ1) is 13.1. The number of para-hydroxylation sites is 1. The van der Waals surface area contributed by atoms with Gasteiger partial charge in [0, 0.05) is 18.4 Å². The SMILES string of the molecule is COC(=O)c1ccc(Nc2ccc(C(=O)N(C)c3ccccc3)nn2)cc1. The van der Waals surface area contributed by atoms with Crippen molar-refractivity contribution >= 4 is 29.1 Å². The molecule has 136 valence electrons. The number of amides is 1. The van der Waals surface area contributed by atoms with Crippen molar-refractivity contribution < 1.29 is 14.3 Å². The second-order valence-electron chi connectivity index (χ2n) is 5.70. The number of ether oxygens (including phenoxy) is 1. The van der Waals surface area contributed by atoms with Crippen LogP contribution in [-0.2, 0) is 4.74 Å². The molecular formula is C20H18N4O3. The zero-order valence-corrected chi connectivity index (χ0v) is 14.9. The van der Waals surface area contributed by atoms with Crippen molar-refractivity contribution in [2.75, 3.05) is 24.4 Å². The van der Waals surface area contributed by atoms with Crippen LogP contribution in [0.15, 0.2) is 66.7 Å². The molecule has 1 amide bonds. The number of benzene rings is 2. The summed E-state index contributed by atoms with van der Waals surface area (Å²) in [6, 6.07) is 19.4. The molecule has 27 heavy (non-hydrogen) atoms. The van der Waals surface area contributed by atoms with Crippen LogP contribution in [0.25, 0.3) is 0 Å². The summed E-state index contributed by atoms with van der Waals surface area (Å²) in [6.07, 6.45) is 0. The van der Waals surface area contributed by atoms with Crippen molar-refractivity contribution in [1.82, 2.24) is 10.2 Å². The molecule has 0 spiro atoms. The highest BCUT2D eigenvalue weighted by atomic mass is 16.5. The number of esters is 1. The number of rotatable bonds is 5. The minimum Gasteiger partial charge on any atom is -0.465 e. The van der Waals surface area contributed by atoms with Gasteiger partial charge in [0.15, 0.2) is 11.5 Å². The Labute approximate surface area is 156 Å². The van der Waals surface area contributed by atoms with Gasteiger partial charge in [0.2, 0.25) is 0 Å². The predicted molar refractivity (Wildman–Crippen MR) is 102 cm³/mol. The first-order valence-corrected chi connectivity index (χ1v) is 8.20. The van der Waals surface area contributed by atoms with Crippen LogP contribution in [0, 0.1) is 0 Å². The summed E-state index contributed by atoms with van der Waals surface area (Å²) in [4.78, 5) is 25.5. The molecule has 7 nitrogen and oxygen atoms in total. The van der Waals surface area contributed by atoms with Crippen LogP contribution in [-0.4, -0.2) is 36.2 Å². The van der Waals surface area contributed by atoms with Crippen LogP contribution in [0.1, 0.15) is 20.8 Å². The number of carbonyl (C=O) groups is 2. The first kappa shape index (κ1) is 18.1. The van der Waals surface area contributed by atoms with Crippen molar-refractivity contribution in [3.8, 4) is 0 Å². The fourth-order valence-electron chi connectivity index (χ4n) is 2.41.